The zero-order valence-corrected chi connectivity index (χ0v) is 18.9. The molecule has 0 heterocycles. The van der Waals surface area contributed by atoms with Crippen LogP contribution >= 0.6 is 0 Å². The number of hydrazine groups is 1. The fourth-order valence-corrected chi connectivity index (χ4v) is 4.54. The second kappa shape index (κ2) is 11.4. The average molecular weight is 424 g/mol. The predicted octanol–water partition coefficient (Wildman–Crippen LogP) is 3.94. The summed E-state index contributed by atoms with van der Waals surface area (Å²) >= 11 is 0. The molecular weight excluding hydrogens is 386 g/mol. The molecule has 1 amide bonds. The molecule has 2 atom stereocenters. The van der Waals surface area contributed by atoms with Crippen LogP contribution in [0.3, 0.4) is 0 Å². The maximum atomic E-state index is 13.4. The molecule has 0 radical (unpaired) electrons. The van der Waals surface area contributed by atoms with Gasteiger partial charge in [-0.2, -0.15) is 0 Å². The van der Waals surface area contributed by atoms with E-state index in [9.17, 15) is 9.90 Å². The van der Waals surface area contributed by atoms with Crippen LogP contribution in [0.25, 0.3) is 0 Å². The Balaban J connectivity index is 1.81. The van der Waals surface area contributed by atoms with Crippen molar-refractivity contribution in [3.63, 3.8) is 0 Å². The Labute approximate surface area is 186 Å². The molecule has 2 aromatic carbocycles. The van der Waals surface area contributed by atoms with E-state index in [1.807, 2.05) is 55.5 Å². The van der Waals surface area contributed by atoms with Crippen LogP contribution in [0.5, 0.6) is 0 Å². The maximum absolute atomic E-state index is 13.4. The van der Waals surface area contributed by atoms with Gasteiger partial charge in [0, 0.05) is 24.2 Å². The quantitative estimate of drug-likeness (QED) is 0.453. The predicted molar refractivity (Wildman–Crippen MR) is 126 cm³/mol. The van der Waals surface area contributed by atoms with E-state index in [1.165, 1.54) is 6.42 Å². The van der Waals surface area contributed by atoms with Crippen molar-refractivity contribution in [2.45, 2.75) is 70.1 Å². The Kier molecular flexibility index (Phi) is 8.64. The lowest BCUT2D eigenvalue weighted by atomic mass is 9.73. The number of carbonyl (C=O) groups is 1. The summed E-state index contributed by atoms with van der Waals surface area (Å²) in [5.74, 6) is -0.116. The summed E-state index contributed by atoms with van der Waals surface area (Å²) in [7, 11) is 0. The molecular formula is C26H37N3O2. The first-order valence-corrected chi connectivity index (χ1v) is 11.7. The normalized spacial score (nSPS) is 16.9. The largest absolute Gasteiger partial charge is 0.390 e. The molecule has 0 saturated heterocycles. The molecule has 1 aliphatic carbocycles. The van der Waals surface area contributed by atoms with Crippen molar-refractivity contribution in [1.82, 2.24) is 15.8 Å². The van der Waals surface area contributed by atoms with Gasteiger partial charge in [-0.3, -0.25) is 9.80 Å². The minimum Gasteiger partial charge on any atom is -0.390 e. The van der Waals surface area contributed by atoms with Gasteiger partial charge in [0.1, 0.15) is 0 Å². The fraction of sp³-hybridized carbons (Fsp3) is 0.500. The first-order valence-electron chi connectivity index (χ1n) is 11.7. The molecule has 0 aliphatic heterocycles. The van der Waals surface area contributed by atoms with Crippen LogP contribution in [-0.4, -0.2) is 46.8 Å². The van der Waals surface area contributed by atoms with E-state index >= 15 is 0 Å². The summed E-state index contributed by atoms with van der Waals surface area (Å²) in [4.78, 5) is 13.4. The molecule has 1 saturated carbocycles. The highest BCUT2D eigenvalue weighted by atomic mass is 16.3. The number of rotatable bonds is 12. The number of benzene rings is 2. The molecule has 0 spiro atoms. The Morgan fingerprint density at radius 3 is 2.26 bits per heavy atom. The van der Waals surface area contributed by atoms with Crippen molar-refractivity contribution in [1.29, 1.82) is 0 Å². The molecule has 5 nitrogen and oxygen atoms in total. The van der Waals surface area contributed by atoms with Gasteiger partial charge in [-0.1, -0.05) is 68.8 Å². The number of nitrogens with one attached hydrogen (secondary N) is 2. The molecule has 0 bridgehead atoms. The zero-order chi connectivity index (χ0) is 22.1. The van der Waals surface area contributed by atoms with Crippen LogP contribution in [0.4, 0.5) is 0 Å². The van der Waals surface area contributed by atoms with Gasteiger partial charge >= 0.3 is 0 Å². The van der Waals surface area contributed by atoms with E-state index in [1.54, 1.807) is 5.01 Å². The van der Waals surface area contributed by atoms with Gasteiger partial charge < -0.3 is 10.4 Å². The Hall–Kier alpha value is -2.21. The van der Waals surface area contributed by atoms with Gasteiger partial charge in [0.05, 0.1) is 12.1 Å². The second-order valence-corrected chi connectivity index (χ2v) is 8.64. The van der Waals surface area contributed by atoms with Crippen LogP contribution in [0.15, 0.2) is 60.7 Å². The summed E-state index contributed by atoms with van der Waals surface area (Å²) in [6.45, 7) is 5.26. The molecule has 2 aromatic rings. The highest BCUT2D eigenvalue weighted by Gasteiger charge is 2.37. The minimum absolute atomic E-state index is 0.116. The number of nitrogens with zero attached hydrogens (tertiary/aromatic N) is 1. The number of amides is 1. The smallest absolute Gasteiger partial charge is 0.268 e. The molecule has 3 N–H and O–H groups in total. The first kappa shape index (κ1) is 23.5. The molecule has 5 heteroatoms. The third kappa shape index (κ3) is 6.16. The van der Waals surface area contributed by atoms with Crippen molar-refractivity contribution < 1.29 is 9.90 Å². The minimum atomic E-state index is -0.693. The van der Waals surface area contributed by atoms with Crippen molar-refractivity contribution >= 4 is 5.91 Å². The summed E-state index contributed by atoms with van der Waals surface area (Å²) in [5.41, 5.74) is 5.09. The number of aliphatic hydroxyl groups excluding tert-OH is 1. The summed E-state index contributed by atoms with van der Waals surface area (Å²) in [6, 6.07) is 19.0. The summed E-state index contributed by atoms with van der Waals surface area (Å²) < 4.78 is 0. The van der Waals surface area contributed by atoms with Crippen LogP contribution in [0.1, 0.15) is 61.9 Å². The third-order valence-electron chi connectivity index (χ3n) is 6.36. The molecule has 0 unspecified atom stereocenters. The van der Waals surface area contributed by atoms with Crippen LogP contribution in [0, 0.1) is 0 Å². The van der Waals surface area contributed by atoms with Crippen molar-refractivity contribution in [2.75, 3.05) is 13.1 Å². The average Bonchev–Trinajstić information content (AvgIpc) is 2.78. The monoisotopic (exact) mass is 423 g/mol. The molecule has 1 fully saturated rings. The van der Waals surface area contributed by atoms with Crippen LogP contribution in [0.2, 0.25) is 0 Å². The number of aliphatic hydroxyl groups is 1. The van der Waals surface area contributed by atoms with E-state index in [4.69, 9.17) is 0 Å². The lowest BCUT2D eigenvalue weighted by Crippen LogP contribution is -2.60. The van der Waals surface area contributed by atoms with E-state index in [2.05, 4.69) is 29.8 Å². The molecule has 0 aromatic heterocycles. The van der Waals surface area contributed by atoms with E-state index in [0.717, 1.165) is 31.2 Å². The van der Waals surface area contributed by atoms with Crippen molar-refractivity contribution in [3.05, 3.63) is 71.8 Å². The Morgan fingerprint density at radius 2 is 1.71 bits per heavy atom. The van der Waals surface area contributed by atoms with Crippen LogP contribution in [-0.2, 0) is 6.42 Å². The number of carbonyl (C=O) groups excluding carboxylic acids is 1. The van der Waals surface area contributed by atoms with Gasteiger partial charge in [-0.05, 0) is 49.8 Å². The van der Waals surface area contributed by atoms with Crippen LogP contribution < -0.4 is 10.7 Å². The highest BCUT2D eigenvalue weighted by Crippen LogP contribution is 2.35. The SMILES string of the molecule is CCCC1(NC[C@@H](O)[C@H](Cc2ccccc2)N(NCC)C(=O)c2ccccc2)CCC1. The standard InChI is InChI=1S/C26H37N3O2/c1-3-16-26(17-11-18-26)27-20-24(30)23(19-21-12-7-5-8-13-21)29(28-4-2)25(31)22-14-9-6-10-15-22/h5-10,12-15,23-24,27-28,30H,3-4,11,16-20H2,1-2H3/t23-,24+/m0/s1. The van der Waals surface area contributed by atoms with E-state index in [0.29, 0.717) is 25.1 Å². The first-order chi connectivity index (χ1) is 15.1. The number of hydrogen-bond acceptors (Lipinski definition) is 4. The molecule has 168 valence electrons. The van der Waals surface area contributed by atoms with Gasteiger partial charge in [0.15, 0.2) is 0 Å². The zero-order valence-electron chi connectivity index (χ0n) is 18.9. The number of hydrogen-bond donors (Lipinski definition) is 3. The fourth-order valence-electron chi connectivity index (χ4n) is 4.54. The molecule has 3 rings (SSSR count). The maximum Gasteiger partial charge on any atom is 0.268 e. The van der Waals surface area contributed by atoms with Gasteiger partial charge in [-0.15, -0.1) is 0 Å². The van der Waals surface area contributed by atoms with Crippen molar-refractivity contribution in [3.8, 4) is 0 Å². The lowest BCUT2D eigenvalue weighted by Gasteiger charge is -2.44. The summed E-state index contributed by atoms with van der Waals surface area (Å²) in [5, 5.41) is 16.6. The Bertz CT molecular complexity index is 793. The Morgan fingerprint density at radius 1 is 1.06 bits per heavy atom. The lowest BCUT2D eigenvalue weighted by molar-refractivity contribution is 0.0111. The second-order valence-electron chi connectivity index (χ2n) is 8.64. The van der Waals surface area contributed by atoms with E-state index < -0.39 is 6.10 Å². The summed E-state index contributed by atoms with van der Waals surface area (Å²) in [6.07, 6.45) is 5.72. The molecule has 31 heavy (non-hydrogen) atoms. The van der Waals surface area contributed by atoms with Gasteiger partial charge in [0.2, 0.25) is 0 Å². The van der Waals surface area contributed by atoms with Crippen molar-refractivity contribution in [2.24, 2.45) is 0 Å². The van der Waals surface area contributed by atoms with E-state index in [-0.39, 0.29) is 17.5 Å². The topological polar surface area (TPSA) is 64.6 Å². The number of β-amino-alcohol motifs (C(OH)–C–C–N with tert-alkyl or cyclic N) is 1. The van der Waals surface area contributed by atoms with Gasteiger partial charge in [0.25, 0.3) is 5.91 Å². The van der Waals surface area contributed by atoms with Gasteiger partial charge in [-0.25, -0.2) is 5.43 Å². The molecule has 1 aliphatic rings. The highest BCUT2D eigenvalue weighted by molar-refractivity contribution is 5.94. The third-order valence-corrected chi connectivity index (χ3v) is 6.36.